The van der Waals surface area contributed by atoms with Gasteiger partial charge in [0, 0.05) is 65.1 Å². The number of nitrogens with zero attached hydrogens (tertiary/aromatic N) is 4. The van der Waals surface area contributed by atoms with E-state index in [9.17, 15) is 9.59 Å². The van der Waals surface area contributed by atoms with E-state index in [1.807, 2.05) is 24.3 Å². The summed E-state index contributed by atoms with van der Waals surface area (Å²) in [5.41, 5.74) is 23.7. The van der Waals surface area contributed by atoms with E-state index in [1.165, 1.54) is 6.33 Å². The summed E-state index contributed by atoms with van der Waals surface area (Å²) in [6.45, 7) is 1.68. The number of rotatable bonds is 5. The van der Waals surface area contributed by atoms with Crippen LogP contribution in [-0.2, 0) is 16.8 Å². The van der Waals surface area contributed by atoms with Crippen molar-refractivity contribution < 1.29 is 19.1 Å². The van der Waals surface area contributed by atoms with E-state index in [-0.39, 0.29) is 18.4 Å². The Kier molecular flexibility index (Phi) is 6.76. The van der Waals surface area contributed by atoms with Crippen LogP contribution in [0.5, 0.6) is 5.75 Å². The molecule has 2 aliphatic heterocycles. The van der Waals surface area contributed by atoms with Gasteiger partial charge in [-0.1, -0.05) is 23.7 Å². The first-order valence-electron chi connectivity index (χ1n) is 14.4. The number of benzene rings is 2. The lowest BCUT2D eigenvalue weighted by atomic mass is 9.77. The third-order valence-corrected chi connectivity index (χ3v) is 9.32. The van der Waals surface area contributed by atoms with Crippen LogP contribution >= 0.6 is 11.6 Å². The number of carbonyl (C=O) groups excluding carboxylic acids is 2. The van der Waals surface area contributed by atoms with Gasteiger partial charge in [-0.15, -0.1) is 0 Å². The van der Waals surface area contributed by atoms with Gasteiger partial charge in [-0.25, -0.2) is 14.8 Å². The summed E-state index contributed by atoms with van der Waals surface area (Å²) >= 11 is 6.77. The van der Waals surface area contributed by atoms with Crippen LogP contribution in [-0.4, -0.2) is 57.2 Å². The zero-order valence-corrected chi connectivity index (χ0v) is 24.2. The first-order valence-corrected chi connectivity index (χ1v) is 14.7. The van der Waals surface area contributed by atoms with Gasteiger partial charge in [0.1, 0.15) is 18.2 Å². The molecule has 2 aromatic carbocycles. The Morgan fingerprint density at radius 1 is 1.19 bits per heavy atom. The zero-order chi connectivity index (χ0) is 29.9. The second kappa shape index (κ2) is 10.5. The van der Waals surface area contributed by atoms with Crippen molar-refractivity contribution in [1.29, 1.82) is 0 Å². The van der Waals surface area contributed by atoms with Crippen molar-refractivity contribution in [3.05, 3.63) is 88.1 Å². The number of carbonyl (C=O) groups is 2. The average molecular weight is 602 g/mol. The molecule has 1 aliphatic carbocycles. The molecule has 4 aromatic rings. The Bertz CT molecular complexity index is 1750. The van der Waals surface area contributed by atoms with Crippen molar-refractivity contribution in [1.82, 2.24) is 19.4 Å². The Morgan fingerprint density at radius 2 is 2.00 bits per heavy atom. The number of para-hydroxylation sites is 1. The summed E-state index contributed by atoms with van der Waals surface area (Å²) in [5.74, 6) is 0.0628. The summed E-state index contributed by atoms with van der Waals surface area (Å²) in [7, 11) is 0. The third kappa shape index (κ3) is 4.59. The molecule has 0 saturated carbocycles. The highest BCUT2D eigenvalue weighted by Crippen LogP contribution is 2.58. The van der Waals surface area contributed by atoms with Crippen molar-refractivity contribution in [2.24, 2.45) is 17.2 Å². The number of nitrogens with two attached hydrogens (primary N) is 3. The number of ether oxygens (including phenoxy) is 2. The highest BCUT2D eigenvalue weighted by molar-refractivity contribution is 6.35. The van der Waals surface area contributed by atoms with E-state index in [2.05, 4.69) is 20.6 Å². The van der Waals surface area contributed by atoms with E-state index in [0.29, 0.717) is 55.3 Å². The van der Waals surface area contributed by atoms with E-state index in [4.69, 9.17) is 38.3 Å². The number of primary amides is 1. The molecule has 4 heterocycles. The first kappa shape index (κ1) is 27.6. The van der Waals surface area contributed by atoms with Gasteiger partial charge >= 0.3 is 6.09 Å². The quantitative estimate of drug-likeness (QED) is 0.312. The molecule has 1 fully saturated rings. The number of halogens is 1. The van der Waals surface area contributed by atoms with Crippen LogP contribution in [0, 0.1) is 0 Å². The maximum absolute atomic E-state index is 13.7. The van der Waals surface area contributed by atoms with Crippen molar-refractivity contribution in [3.8, 4) is 5.75 Å². The van der Waals surface area contributed by atoms with Crippen molar-refractivity contribution in [3.63, 3.8) is 0 Å². The SMILES string of the molecule is NC(=O)O[C@@H]1CCCN(C(=O)c2cc3c4c(c2)C(N)C(c2cc5cccc(Cl)c5n2Cc2cncnc2)C4(N)CCO3)C1. The van der Waals surface area contributed by atoms with Crippen LogP contribution in [0.3, 0.4) is 0 Å². The fraction of sp³-hybridized carbons (Fsp3) is 0.355. The smallest absolute Gasteiger partial charge is 0.404 e. The van der Waals surface area contributed by atoms with Crippen molar-refractivity contribution >= 4 is 34.5 Å². The molecule has 0 spiro atoms. The zero-order valence-electron chi connectivity index (χ0n) is 23.4. The molecule has 2 aromatic heterocycles. The maximum atomic E-state index is 13.7. The van der Waals surface area contributed by atoms with Gasteiger partial charge < -0.3 is 36.1 Å². The molecular weight excluding hydrogens is 570 g/mol. The van der Waals surface area contributed by atoms with Crippen LogP contribution in [0.15, 0.2) is 55.1 Å². The molecule has 11 nitrogen and oxygen atoms in total. The van der Waals surface area contributed by atoms with Gasteiger partial charge in [-0.2, -0.15) is 0 Å². The Labute approximate surface area is 252 Å². The minimum Gasteiger partial charge on any atom is -0.493 e. The van der Waals surface area contributed by atoms with Gasteiger partial charge in [-0.3, -0.25) is 4.79 Å². The van der Waals surface area contributed by atoms with Gasteiger partial charge in [0.2, 0.25) is 0 Å². The second-order valence-electron chi connectivity index (χ2n) is 11.6. The lowest BCUT2D eigenvalue weighted by Gasteiger charge is -2.38. The number of amides is 2. The van der Waals surface area contributed by atoms with Gasteiger partial charge in [0.25, 0.3) is 5.91 Å². The molecule has 3 unspecified atom stereocenters. The summed E-state index contributed by atoms with van der Waals surface area (Å²) in [6, 6.07) is 11.0. The summed E-state index contributed by atoms with van der Waals surface area (Å²) in [5, 5.41) is 1.60. The Hall–Kier alpha value is -4.19. The lowest BCUT2D eigenvalue weighted by molar-refractivity contribution is 0.0373. The molecule has 0 bridgehead atoms. The normalized spacial score (nSPS) is 24.4. The number of piperidine rings is 1. The first-order chi connectivity index (χ1) is 20.7. The predicted octanol–water partition coefficient (Wildman–Crippen LogP) is 3.57. The third-order valence-electron chi connectivity index (χ3n) is 9.02. The van der Waals surface area contributed by atoms with E-state index in [1.54, 1.807) is 23.4 Å². The average Bonchev–Trinajstić information content (AvgIpc) is 3.45. The molecule has 7 rings (SSSR count). The van der Waals surface area contributed by atoms with Crippen LogP contribution in [0.2, 0.25) is 5.02 Å². The molecule has 43 heavy (non-hydrogen) atoms. The van der Waals surface area contributed by atoms with Crippen molar-refractivity contribution in [2.75, 3.05) is 19.7 Å². The molecular formula is C31H32ClN7O4. The molecule has 3 aliphatic rings. The summed E-state index contributed by atoms with van der Waals surface area (Å²) in [4.78, 5) is 35.1. The van der Waals surface area contributed by atoms with Crippen LogP contribution in [0.1, 0.15) is 64.0 Å². The number of hydrogen-bond acceptors (Lipinski definition) is 8. The van der Waals surface area contributed by atoms with E-state index < -0.39 is 23.8 Å². The number of likely N-dealkylation sites (tertiary alicyclic amines) is 1. The fourth-order valence-electron chi connectivity index (χ4n) is 7.24. The van der Waals surface area contributed by atoms with Crippen LogP contribution < -0.4 is 21.9 Å². The van der Waals surface area contributed by atoms with Gasteiger partial charge in [0.15, 0.2) is 0 Å². The van der Waals surface area contributed by atoms with Crippen molar-refractivity contribution in [2.45, 2.75) is 49.4 Å². The minimum atomic E-state index is -0.843. The highest BCUT2D eigenvalue weighted by atomic mass is 35.5. The monoisotopic (exact) mass is 601 g/mol. The molecule has 222 valence electrons. The summed E-state index contributed by atoms with van der Waals surface area (Å²) < 4.78 is 13.5. The molecule has 1 saturated heterocycles. The van der Waals surface area contributed by atoms with E-state index in [0.717, 1.165) is 33.3 Å². The molecule has 6 N–H and O–H groups in total. The molecule has 2 amide bonds. The summed E-state index contributed by atoms with van der Waals surface area (Å²) in [6.07, 6.45) is 5.69. The predicted molar refractivity (Wildman–Crippen MR) is 160 cm³/mol. The highest BCUT2D eigenvalue weighted by Gasteiger charge is 2.54. The standard InChI is InChI=1S/C31H32ClN7O4/c32-22-5-1-3-18-10-23(39(28(18)22)14-17-12-36-16-37-13-17)26-27(33)21-9-19(11-24-25(21)31(26,35)6-8-42-24)29(40)38-7-2-4-20(15-38)43-30(34)41/h1,3,5,9-13,16,20,26-27H,2,4,6-8,14-15,33,35H2,(H2,34,41)/t20-,26?,27?,31?/m1/s1. The number of aromatic nitrogens is 3. The lowest BCUT2D eigenvalue weighted by Crippen LogP contribution is -2.46. The topological polar surface area (TPSA) is 165 Å². The Balaban J connectivity index is 1.31. The minimum absolute atomic E-state index is 0.186. The van der Waals surface area contributed by atoms with E-state index >= 15 is 0 Å². The molecule has 0 radical (unpaired) electrons. The Morgan fingerprint density at radius 3 is 2.79 bits per heavy atom. The number of fused-ring (bicyclic) bond motifs is 1. The van der Waals surface area contributed by atoms with Crippen LogP contribution in [0.25, 0.3) is 10.9 Å². The van der Waals surface area contributed by atoms with Gasteiger partial charge in [-0.05, 0) is 42.7 Å². The second-order valence-corrected chi connectivity index (χ2v) is 12.0. The van der Waals surface area contributed by atoms with Gasteiger partial charge in [0.05, 0.1) is 35.8 Å². The number of hydrogen-bond donors (Lipinski definition) is 3. The largest absolute Gasteiger partial charge is 0.493 e. The van der Waals surface area contributed by atoms with Crippen LogP contribution in [0.4, 0.5) is 4.79 Å². The maximum Gasteiger partial charge on any atom is 0.404 e. The molecule has 12 heteroatoms. The molecule has 4 atom stereocenters. The fourth-order valence-corrected chi connectivity index (χ4v) is 7.52.